The molecule has 5 heteroatoms. The number of hydrogen-bond donors (Lipinski definition) is 1. The number of aromatic nitrogens is 4. The van der Waals surface area contributed by atoms with E-state index in [0.717, 1.165) is 22.8 Å². The molecule has 0 amide bonds. The normalized spacial score (nSPS) is 10.8. The Morgan fingerprint density at radius 3 is 2.67 bits per heavy atom. The number of nitrogens with one attached hydrogen (secondary N) is 1. The third kappa shape index (κ3) is 1.79. The van der Waals surface area contributed by atoms with Gasteiger partial charge in [-0.15, -0.1) is 0 Å². The summed E-state index contributed by atoms with van der Waals surface area (Å²) in [6.07, 6.45) is 3.60. The number of aromatic amines is 1. The Balaban J connectivity index is 1.99. The standard InChI is InChI=1S/C13H11FN4/c1-18-7-6-15-13(18)12-8-11(16-17-12)9-2-4-10(14)5-3-9/h2-8H,1H3,(H,16,17). The second-order valence-electron chi connectivity index (χ2n) is 4.04. The minimum Gasteiger partial charge on any atom is -0.333 e. The lowest BCUT2D eigenvalue weighted by molar-refractivity contribution is 0.628. The van der Waals surface area contributed by atoms with Gasteiger partial charge in [0, 0.05) is 25.0 Å². The second kappa shape index (κ2) is 4.10. The van der Waals surface area contributed by atoms with Crippen LogP contribution in [0.3, 0.4) is 0 Å². The first kappa shape index (κ1) is 10.7. The molecular weight excluding hydrogens is 231 g/mol. The van der Waals surface area contributed by atoms with Crippen molar-refractivity contribution >= 4 is 0 Å². The molecule has 2 aromatic heterocycles. The van der Waals surface area contributed by atoms with E-state index in [-0.39, 0.29) is 5.82 Å². The number of rotatable bonds is 2. The second-order valence-corrected chi connectivity index (χ2v) is 4.04. The lowest BCUT2D eigenvalue weighted by Gasteiger charge is -1.96. The molecule has 0 atom stereocenters. The van der Waals surface area contributed by atoms with Crippen molar-refractivity contribution < 1.29 is 4.39 Å². The summed E-state index contributed by atoms with van der Waals surface area (Å²) in [4.78, 5) is 4.24. The van der Waals surface area contributed by atoms with Crippen LogP contribution in [0.5, 0.6) is 0 Å². The first-order valence-electron chi connectivity index (χ1n) is 5.53. The SMILES string of the molecule is Cn1ccnc1-c1cc(-c2ccc(F)cc2)n[nH]1. The van der Waals surface area contributed by atoms with E-state index < -0.39 is 0 Å². The highest BCUT2D eigenvalue weighted by molar-refractivity contribution is 5.64. The third-order valence-corrected chi connectivity index (χ3v) is 2.78. The first-order chi connectivity index (χ1) is 8.74. The van der Waals surface area contributed by atoms with Crippen LogP contribution in [0.2, 0.25) is 0 Å². The summed E-state index contributed by atoms with van der Waals surface area (Å²) in [5, 5.41) is 7.15. The highest BCUT2D eigenvalue weighted by Gasteiger charge is 2.08. The predicted octanol–water partition coefficient (Wildman–Crippen LogP) is 2.62. The van der Waals surface area contributed by atoms with Gasteiger partial charge in [0.15, 0.2) is 5.82 Å². The van der Waals surface area contributed by atoms with E-state index in [1.165, 1.54) is 12.1 Å². The van der Waals surface area contributed by atoms with Crippen LogP contribution in [-0.4, -0.2) is 19.7 Å². The van der Waals surface area contributed by atoms with Crippen LogP contribution >= 0.6 is 0 Å². The van der Waals surface area contributed by atoms with E-state index in [4.69, 9.17) is 0 Å². The van der Waals surface area contributed by atoms with Crippen molar-refractivity contribution in [2.45, 2.75) is 0 Å². The van der Waals surface area contributed by atoms with Gasteiger partial charge in [0.05, 0.1) is 5.69 Å². The number of imidazole rings is 1. The zero-order chi connectivity index (χ0) is 12.5. The van der Waals surface area contributed by atoms with E-state index in [2.05, 4.69) is 15.2 Å². The van der Waals surface area contributed by atoms with Gasteiger partial charge < -0.3 is 4.57 Å². The maximum absolute atomic E-state index is 12.8. The maximum atomic E-state index is 12.8. The molecule has 0 unspecified atom stereocenters. The smallest absolute Gasteiger partial charge is 0.157 e. The van der Waals surface area contributed by atoms with E-state index in [1.807, 2.05) is 23.9 Å². The van der Waals surface area contributed by atoms with Gasteiger partial charge in [-0.2, -0.15) is 5.10 Å². The van der Waals surface area contributed by atoms with Crippen molar-refractivity contribution in [3.8, 4) is 22.8 Å². The Bertz CT molecular complexity index is 666. The summed E-state index contributed by atoms with van der Waals surface area (Å²) in [6, 6.07) is 8.14. The Morgan fingerprint density at radius 2 is 2.00 bits per heavy atom. The fourth-order valence-corrected chi connectivity index (χ4v) is 1.83. The lowest BCUT2D eigenvalue weighted by Crippen LogP contribution is -1.90. The summed E-state index contributed by atoms with van der Waals surface area (Å²) < 4.78 is 14.7. The van der Waals surface area contributed by atoms with Crippen molar-refractivity contribution in [1.82, 2.24) is 19.7 Å². The van der Waals surface area contributed by atoms with Gasteiger partial charge in [-0.05, 0) is 30.3 Å². The lowest BCUT2D eigenvalue weighted by atomic mass is 10.1. The molecule has 1 N–H and O–H groups in total. The maximum Gasteiger partial charge on any atom is 0.157 e. The van der Waals surface area contributed by atoms with Gasteiger partial charge in [0.25, 0.3) is 0 Å². The molecule has 90 valence electrons. The molecular formula is C13H11FN4. The van der Waals surface area contributed by atoms with Crippen LogP contribution in [0.4, 0.5) is 4.39 Å². The molecule has 0 bridgehead atoms. The van der Waals surface area contributed by atoms with E-state index >= 15 is 0 Å². The van der Waals surface area contributed by atoms with Crippen LogP contribution in [0.1, 0.15) is 0 Å². The van der Waals surface area contributed by atoms with Crippen LogP contribution in [0.25, 0.3) is 22.8 Å². The first-order valence-corrected chi connectivity index (χ1v) is 5.53. The van der Waals surface area contributed by atoms with Crippen LogP contribution in [0.15, 0.2) is 42.7 Å². The van der Waals surface area contributed by atoms with Gasteiger partial charge in [0.2, 0.25) is 0 Å². The van der Waals surface area contributed by atoms with Crippen LogP contribution < -0.4 is 0 Å². The molecule has 18 heavy (non-hydrogen) atoms. The van der Waals surface area contributed by atoms with Crippen molar-refractivity contribution in [2.24, 2.45) is 7.05 Å². The Kier molecular flexibility index (Phi) is 2.44. The van der Waals surface area contributed by atoms with Gasteiger partial charge >= 0.3 is 0 Å². The molecule has 0 saturated carbocycles. The summed E-state index contributed by atoms with van der Waals surface area (Å²) in [7, 11) is 1.92. The minimum atomic E-state index is -0.251. The molecule has 0 aliphatic heterocycles. The fraction of sp³-hybridized carbons (Fsp3) is 0.0769. The largest absolute Gasteiger partial charge is 0.333 e. The third-order valence-electron chi connectivity index (χ3n) is 2.78. The van der Waals surface area contributed by atoms with Crippen molar-refractivity contribution in [3.63, 3.8) is 0 Å². The molecule has 0 aliphatic carbocycles. The number of nitrogens with zero attached hydrogens (tertiary/aromatic N) is 3. The zero-order valence-corrected chi connectivity index (χ0v) is 9.76. The van der Waals surface area contributed by atoms with Crippen LogP contribution in [0, 0.1) is 5.82 Å². The molecule has 4 nitrogen and oxygen atoms in total. The molecule has 3 aromatic rings. The number of halogens is 1. The zero-order valence-electron chi connectivity index (χ0n) is 9.76. The van der Waals surface area contributed by atoms with Crippen molar-refractivity contribution in [1.29, 1.82) is 0 Å². The summed E-state index contributed by atoms with van der Waals surface area (Å²) in [6.45, 7) is 0. The van der Waals surface area contributed by atoms with Crippen molar-refractivity contribution in [2.75, 3.05) is 0 Å². The minimum absolute atomic E-state index is 0.251. The Morgan fingerprint density at radius 1 is 1.22 bits per heavy atom. The number of benzene rings is 1. The fourth-order valence-electron chi connectivity index (χ4n) is 1.83. The van der Waals surface area contributed by atoms with Gasteiger partial charge in [-0.3, -0.25) is 5.10 Å². The van der Waals surface area contributed by atoms with Gasteiger partial charge in [-0.25, -0.2) is 9.37 Å². The molecule has 0 saturated heterocycles. The Labute approximate surface area is 103 Å². The summed E-state index contributed by atoms with van der Waals surface area (Å²) in [5.74, 6) is 0.564. The van der Waals surface area contributed by atoms with Gasteiger partial charge in [-0.1, -0.05) is 0 Å². The number of hydrogen-bond acceptors (Lipinski definition) is 2. The van der Waals surface area contributed by atoms with E-state index in [0.29, 0.717) is 0 Å². The number of aryl methyl sites for hydroxylation is 1. The molecule has 0 radical (unpaired) electrons. The topological polar surface area (TPSA) is 46.5 Å². The van der Waals surface area contributed by atoms with E-state index in [9.17, 15) is 4.39 Å². The monoisotopic (exact) mass is 242 g/mol. The van der Waals surface area contributed by atoms with Crippen molar-refractivity contribution in [3.05, 3.63) is 48.5 Å². The van der Waals surface area contributed by atoms with Gasteiger partial charge in [0.1, 0.15) is 11.5 Å². The molecule has 3 rings (SSSR count). The predicted molar refractivity (Wildman–Crippen MR) is 66.2 cm³/mol. The highest BCUT2D eigenvalue weighted by atomic mass is 19.1. The average molecular weight is 242 g/mol. The highest BCUT2D eigenvalue weighted by Crippen LogP contribution is 2.22. The summed E-state index contributed by atoms with van der Waals surface area (Å²) in [5.41, 5.74) is 2.47. The molecule has 1 aromatic carbocycles. The number of H-pyrrole nitrogens is 1. The molecule has 0 aliphatic rings. The Hall–Kier alpha value is -2.43. The molecule has 0 fully saturated rings. The quantitative estimate of drug-likeness (QED) is 0.750. The average Bonchev–Trinajstić information content (AvgIpc) is 2.98. The van der Waals surface area contributed by atoms with E-state index in [1.54, 1.807) is 18.3 Å². The molecule has 2 heterocycles. The van der Waals surface area contributed by atoms with Crippen LogP contribution in [-0.2, 0) is 7.05 Å². The summed E-state index contributed by atoms with van der Waals surface area (Å²) >= 11 is 0. The molecule has 0 spiro atoms.